The van der Waals surface area contributed by atoms with Crippen molar-refractivity contribution >= 4 is 0 Å². The Morgan fingerprint density at radius 1 is 1.31 bits per heavy atom. The Bertz CT molecular complexity index is 161. The summed E-state index contributed by atoms with van der Waals surface area (Å²) in [6, 6.07) is 0. The second kappa shape index (κ2) is 9.00. The summed E-state index contributed by atoms with van der Waals surface area (Å²) in [4.78, 5) is 0. The lowest BCUT2D eigenvalue weighted by molar-refractivity contribution is 0.179. The van der Waals surface area contributed by atoms with Gasteiger partial charge in [0.2, 0.25) is 0 Å². The Labute approximate surface area is 102 Å². The van der Waals surface area contributed by atoms with Crippen molar-refractivity contribution < 1.29 is 4.74 Å². The maximum absolute atomic E-state index is 5.06. The molecule has 0 amide bonds. The van der Waals surface area contributed by atoms with Crippen molar-refractivity contribution in [2.24, 2.45) is 11.3 Å². The molecule has 0 saturated carbocycles. The van der Waals surface area contributed by atoms with Gasteiger partial charge in [0, 0.05) is 20.2 Å². The van der Waals surface area contributed by atoms with Crippen LogP contribution in [0.15, 0.2) is 0 Å². The highest BCUT2D eigenvalue weighted by molar-refractivity contribution is 4.78. The van der Waals surface area contributed by atoms with Crippen LogP contribution in [0.3, 0.4) is 0 Å². The molecule has 2 unspecified atom stereocenters. The average Bonchev–Trinajstić information content (AvgIpc) is 2.24. The first-order chi connectivity index (χ1) is 7.58. The Morgan fingerprint density at radius 3 is 2.50 bits per heavy atom. The molecule has 0 aromatic heterocycles. The lowest BCUT2D eigenvalue weighted by Gasteiger charge is -2.32. The molecule has 0 aromatic carbocycles. The van der Waals surface area contributed by atoms with Crippen molar-refractivity contribution in [1.82, 2.24) is 5.32 Å². The van der Waals surface area contributed by atoms with Gasteiger partial charge in [0.15, 0.2) is 0 Å². The predicted molar refractivity (Wildman–Crippen MR) is 71.8 cm³/mol. The molecule has 0 saturated heterocycles. The van der Waals surface area contributed by atoms with E-state index in [0.29, 0.717) is 5.41 Å². The van der Waals surface area contributed by atoms with Crippen LogP contribution in [0.1, 0.15) is 53.4 Å². The predicted octanol–water partition coefficient (Wildman–Crippen LogP) is 3.47. The molecule has 2 nitrogen and oxygen atoms in total. The minimum Gasteiger partial charge on any atom is -0.383 e. The molecule has 0 radical (unpaired) electrons. The van der Waals surface area contributed by atoms with E-state index in [-0.39, 0.29) is 0 Å². The second-order valence-electron chi connectivity index (χ2n) is 5.45. The van der Waals surface area contributed by atoms with E-state index in [1.807, 2.05) is 0 Å². The Morgan fingerprint density at radius 2 is 2.00 bits per heavy atom. The zero-order valence-electron chi connectivity index (χ0n) is 11.9. The van der Waals surface area contributed by atoms with Gasteiger partial charge in [-0.15, -0.1) is 0 Å². The molecule has 2 heteroatoms. The topological polar surface area (TPSA) is 21.3 Å². The largest absolute Gasteiger partial charge is 0.383 e. The van der Waals surface area contributed by atoms with E-state index < -0.39 is 0 Å². The van der Waals surface area contributed by atoms with E-state index in [2.05, 4.69) is 33.0 Å². The Kier molecular flexibility index (Phi) is 8.96. The number of hydrogen-bond donors (Lipinski definition) is 1. The van der Waals surface area contributed by atoms with Gasteiger partial charge in [-0.25, -0.2) is 0 Å². The van der Waals surface area contributed by atoms with Gasteiger partial charge in [0.05, 0.1) is 6.61 Å². The van der Waals surface area contributed by atoms with Gasteiger partial charge >= 0.3 is 0 Å². The van der Waals surface area contributed by atoms with Gasteiger partial charge in [-0.3, -0.25) is 0 Å². The van der Waals surface area contributed by atoms with Gasteiger partial charge in [-0.05, 0) is 24.2 Å². The van der Waals surface area contributed by atoms with E-state index in [4.69, 9.17) is 4.74 Å². The van der Waals surface area contributed by atoms with Crippen LogP contribution in [-0.4, -0.2) is 26.8 Å². The highest BCUT2D eigenvalue weighted by atomic mass is 16.5. The van der Waals surface area contributed by atoms with Crippen molar-refractivity contribution in [3.8, 4) is 0 Å². The van der Waals surface area contributed by atoms with Crippen LogP contribution in [0.5, 0.6) is 0 Å². The quantitative estimate of drug-likeness (QED) is 0.579. The summed E-state index contributed by atoms with van der Waals surface area (Å²) in [5, 5.41) is 3.52. The van der Waals surface area contributed by atoms with Crippen LogP contribution >= 0.6 is 0 Å². The molecule has 0 heterocycles. The third-order valence-electron chi connectivity index (χ3n) is 3.43. The summed E-state index contributed by atoms with van der Waals surface area (Å²) in [6.07, 6.45) is 5.21. The van der Waals surface area contributed by atoms with Crippen molar-refractivity contribution in [3.05, 3.63) is 0 Å². The third kappa shape index (κ3) is 7.24. The van der Waals surface area contributed by atoms with Crippen molar-refractivity contribution in [1.29, 1.82) is 0 Å². The maximum atomic E-state index is 5.06. The summed E-state index contributed by atoms with van der Waals surface area (Å²) >= 11 is 0. The van der Waals surface area contributed by atoms with E-state index >= 15 is 0 Å². The van der Waals surface area contributed by atoms with Crippen LogP contribution < -0.4 is 5.32 Å². The lowest BCUT2D eigenvalue weighted by Crippen LogP contribution is -2.34. The molecular weight excluding hydrogens is 198 g/mol. The second-order valence-corrected chi connectivity index (χ2v) is 5.45. The monoisotopic (exact) mass is 229 g/mol. The molecule has 98 valence electrons. The van der Waals surface area contributed by atoms with E-state index in [9.17, 15) is 0 Å². The molecule has 0 fully saturated rings. The number of nitrogens with one attached hydrogen (secondary N) is 1. The molecule has 1 N–H and O–H groups in total. The summed E-state index contributed by atoms with van der Waals surface area (Å²) in [5.74, 6) is 0.834. The molecule has 0 aliphatic heterocycles. The first kappa shape index (κ1) is 15.9. The minimum atomic E-state index is 0.456. The fourth-order valence-corrected chi connectivity index (χ4v) is 2.42. The van der Waals surface area contributed by atoms with Crippen LogP contribution in [0.2, 0.25) is 0 Å². The van der Waals surface area contributed by atoms with Crippen LogP contribution in [0.25, 0.3) is 0 Å². The first-order valence-electron chi connectivity index (χ1n) is 6.77. The van der Waals surface area contributed by atoms with E-state index in [1.165, 1.54) is 25.7 Å². The fourth-order valence-electron chi connectivity index (χ4n) is 2.42. The Hall–Kier alpha value is -0.0800. The van der Waals surface area contributed by atoms with Crippen molar-refractivity contribution in [2.75, 3.05) is 26.8 Å². The fraction of sp³-hybridized carbons (Fsp3) is 1.00. The molecule has 16 heavy (non-hydrogen) atoms. The number of methoxy groups -OCH3 is 1. The summed E-state index contributed by atoms with van der Waals surface area (Å²) in [6.45, 7) is 12.3. The number of hydrogen-bond acceptors (Lipinski definition) is 2. The summed E-state index contributed by atoms with van der Waals surface area (Å²) in [7, 11) is 1.76. The van der Waals surface area contributed by atoms with Gasteiger partial charge < -0.3 is 10.1 Å². The van der Waals surface area contributed by atoms with E-state index in [0.717, 1.165) is 25.6 Å². The zero-order chi connectivity index (χ0) is 12.4. The smallest absolute Gasteiger partial charge is 0.0587 e. The van der Waals surface area contributed by atoms with E-state index in [1.54, 1.807) is 7.11 Å². The number of ether oxygens (including phenoxy) is 1. The summed E-state index contributed by atoms with van der Waals surface area (Å²) in [5.41, 5.74) is 0.456. The van der Waals surface area contributed by atoms with Gasteiger partial charge in [-0.1, -0.05) is 40.5 Å². The van der Waals surface area contributed by atoms with Gasteiger partial charge in [-0.2, -0.15) is 0 Å². The highest BCUT2D eigenvalue weighted by Crippen LogP contribution is 2.31. The van der Waals surface area contributed by atoms with Gasteiger partial charge in [0.1, 0.15) is 0 Å². The SMILES string of the molecule is CCCC(C)(CNCCOC)CC(C)CC. The average molecular weight is 229 g/mol. The van der Waals surface area contributed by atoms with Crippen molar-refractivity contribution in [2.45, 2.75) is 53.4 Å². The molecule has 0 rings (SSSR count). The normalized spacial score (nSPS) is 17.1. The molecular formula is C14H31NO. The first-order valence-corrected chi connectivity index (χ1v) is 6.77. The van der Waals surface area contributed by atoms with Crippen LogP contribution in [-0.2, 0) is 4.74 Å². The van der Waals surface area contributed by atoms with Crippen molar-refractivity contribution in [3.63, 3.8) is 0 Å². The van der Waals surface area contributed by atoms with Gasteiger partial charge in [0.25, 0.3) is 0 Å². The molecule has 0 bridgehead atoms. The lowest BCUT2D eigenvalue weighted by atomic mass is 9.77. The van der Waals surface area contributed by atoms with Crippen LogP contribution in [0, 0.1) is 11.3 Å². The zero-order valence-corrected chi connectivity index (χ0v) is 11.9. The Balaban J connectivity index is 4.00. The summed E-state index contributed by atoms with van der Waals surface area (Å²) < 4.78 is 5.06. The molecule has 2 atom stereocenters. The standard InChI is InChI=1S/C14H31NO/c1-6-8-14(4,11-13(3)7-2)12-15-9-10-16-5/h13,15H,6-12H2,1-5H3. The third-order valence-corrected chi connectivity index (χ3v) is 3.43. The van der Waals surface area contributed by atoms with Crippen LogP contribution in [0.4, 0.5) is 0 Å². The minimum absolute atomic E-state index is 0.456. The molecule has 0 aliphatic carbocycles. The molecule has 0 aliphatic rings. The molecule has 0 aromatic rings. The highest BCUT2D eigenvalue weighted by Gasteiger charge is 2.24. The maximum Gasteiger partial charge on any atom is 0.0587 e. The number of rotatable bonds is 10. The molecule has 0 spiro atoms.